The van der Waals surface area contributed by atoms with Gasteiger partial charge in [0.25, 0.3) is 0 Å². The Labute approximate surface area is 183 Å². The number of methoxy groups -OCH3 is 1. The molecule has 0 aliphatic carbocycles. The van der Waals surface area contributed by atoms with Crippen LogP contribution in [0.1, 0.15) is 34.1 Å². The van der Waals surface area contributed by atoms with Gasteiger partial charge in [-0.15, -0.1) is 0 Å². The molecule has 3 aromatic rings. The van der Waals surface area contributed by atoms with Gasteiger partial charge in [0.2, 0.25) is 6.23 Å². The quantitative estimate of drug-likeness (QED) is 0.569. The normalized spacial score (nSPS) is 13.9. The van der Waals surface area contributed by atoms with Gasteiger partial charge in [0.1, 0.15) is 23.1 Å². The Kier molecular flexibility index (Phi) is 5.92. The van der Waals surface area contributed by atoms with Gasteiger partial charge in [-0.25, -0.2) is 4.79 Å². The Morgan fingerprint density at radius 1 is 1.22 bits per heavy atom. The minimum Gasteiger partial charge on any atom is -0.492 e. The number of carboxylic acids is 1. The molecule has 1 aliphatic rings. The topological polar surface area (TPSA) is 111 Å². The number of hydrogen-bond acceptors (Lipinski definition) is 6. The number of carboxylic acid groups (broad SMARTS) is 1. The van der Waals surface area contributed by atoms with Crippen LogP contribution in [0, 0.1) is 11.3 Å². The van der Waals surface area contributed by atoms with Gasteiger partial charge < -0.3 is 23.9 Å². The summed E-state index contributed by atoms with van der Waals surface area (Å²) in [5.41, 5.74) is 1.03. The molecule has 0 spiro atoms. The van der Waals surface area contributed by atoms with Crippen molar-refractivity contribution in [3.63, 3.8) is 0 Å². The summed E-state index contributed by atoms with van der Waals surface area (Å²) in [6.45, 7) is 0.892. The van der Waals surface area contributed by atoms with Crippen molar-refractivity contribution >= 4 is 5.97 Å². The maximum Gasteiger partial charge on any atom is 0.341 e. The van der Waals surface area contributed by atoms with Crippen molar-refractivity contribution in [2.24, 2.45) is 0 Å². The van der Waals surface area contributed by atoms with Crippen LogP contribution in [0.4, 0.5) is 0 Å². The van der Waals surface area contributed by atoms with Gasteiger partial charge in [-0.05, 0) is 6.07 Å². The molecule has 0 saturated carbocycles. The number of pyridine rings is 1. The van der Waals surface area contributed by atoms with Gasteiger partial charge in [-0.2, -0.15) is 5.26 Å². The van der Waals surface area contributed by atoms with Gasteiger partial charge in [-0.1, -0.05) is 30.3 Å². The third-order valence-electron chi connectivity index (χ3n) is 5.11. The molecular formula is C24H20N2O6. The van der Waals surface area contributed by atoms with Crippen molar-refractivity contribution in [3.05, 3.63) is 81.6 Å². The highest BCUT2D eigenvalue weighted by Gasteiger charge is 2.29. The fourth-order valence-electron chi connectivity index (χ4n) is 3.59. The molecule has 0 amide bonds. The number of fused-ring (bicyclic) bond motifs is 3. The lowest BCUT2D eigenvalue weighted by molar-refractivity contribution is 0.0693. The van der Waals surface area contributed by atoms with Crippen LogP contribution < -0.4 is 14.9 Å². The number of hydrogen-bond donors (Lipinski definition) is 1. The Morgan fingerprint density at radius 2 is 2.00 bits per heavy atom. The monoisotopic (exact) mass is 432 g/mol. The van der Waals surface area contributed by atoms with E-state index in [1.54, 1.807) is 23.8 Å². The number of nitriles is 1. The van der Waals surface area contributed by atoms with Crippen LogP contribution in [-0.4, -0.2) is 36.0 Å². The number of carbonyl (C=O) groups is 1. The lowest BCUT2D eigenvalue weighted by Crippen LogP contribution is -2.27. The molecule has 0 radical (unpaired) electrons. The molecule has 8 heteroatoms. The van der Waals surface area contributed by atoms with Crippen LogP contribution in [0.25, 0.3) is 11.3 Å². The van der Waals surface area contributed by atoms with Crippen LogP contribution in [0.2, 0.25) is 0 Å². The lowest BCUT2D eigenvalue weighted by atomic mass is 10.0. The molecule has 1 N–H and O–H groups in total. The molecule has 1 aromatic heterocycles. The van der Waals surface area contributed by atoms with Gasteiger partial charge >= 0.3 is 5.97 Å². The van der Waals surface area contributed by atoms with E-state index in [1.165, 1.54) is 12.3 Å². The third-order valence-corrected chi connectivity index (χ3v) is 5.11. The van der Waals surface area contributed by atoms with Crippen LogP contribution in [0.15, 0.2) is 59.5 Å². The molecule has 1 atom stereocenters. The summed E-state index contributed by atoms with van der Waals surface area (Å²) >= 11 is 0. The summed E-state index contributed by atoms with van der Waals surface area (Å²) in [6, 6.07) is 15.9. The molecule has 1 aliphatic heterocycles. The number of ether oxygens (including phenoxy) is 3. The molecule has 2 aromatic carbocycles. The SMILES string of the molecule is COCCCOc1cc2c(cc1C#N)-c1cc(=O)c(C(=O)O)cn1[C@H](c1ccccc1)O2. The molecule has 0 unspecified atom stereocenters. The van der Waals surface area contributed by atoms with Crippen molar-refractivity contribution in [1.82, 2.24) is 4.57 Å². The summed E-state index contributed by atoms with van der Waals surface area (Å²) in [4.78, 5) is 24.0. The van der Waals surface area contributed by atoms with E-state index in [0.717, 1.165) is 5.56 Å². The van der Waals surface area contributed by atoms with E-state index in [1.807, 2.05) is 30.3 Å². The number of benzene rings is 2. The zero-order valence-corrected chi connectivity index (χ0v) is 17.3. The molecule has 0 fully saturated rings. The number of nitrogens with zero attached hydrogens (tertiary/aromatic N) is 2. The van der Waals surface area contributed by atoms with Gasteiger partial charge in [0, 0.05) is 49.6 Å². The Hall–Kier alpha value is -4.09. The highest BCUT2D eigenvalue weighted by molar-refractivity contribution is 5.88. The molecule has 0 saturated heterocycles. The first kappa shape index (κ1) is 21.2. The van der Waals surface area contributed by atoms with Gasteiger partial charge in [0.15, 0.2) is 5.43 Å². The molecule has 0 bridgehead atoms. The van der Waals surface area contributed by atoms with Gasteiger partial charge in [-0.3, -0.25) is 4.79 Å². The zero-order valence-electron chi connectivity index (χ0n) is 17.3. The minimum atomic E-state index is -1.32. The molecule has 2 heterocycles. The Morgan fingerprint density at radius 3 is 2.69 bits per heavy atom. The second-order valence-corrected chi connectivity index (χ2v) is 7.18. The van der Waals surface area contributed by atoms with Gasteiger partial charge in [0.05, 0.1) is 17.9 Å². The van der Waals surface area contributed by atoms with E-state index in [0.29, 0.717) is 42.4 Å². The maximum absolute atomic E-state index is 12.5. The highest BCUT2D eigenvalue weighted by Crippen LogP contribution is 2.43. The van der Waals surface area contributed by atoms with Crippen LogP contribution in [0.3, 0.4) is 0 Å². The number of aromatic nitrogens is 1. The van der Waals surface area contributed by atoms with Crippen LogP contribution >= 0.6 is 0 Å². The first-order valence-corrected chi connectivity index (χ1v) is 9.95. The first-order chi connectivity index (χ1) is 15.5. The standard InChI is InChI=1S/C24H20N2O6/c1-30-8-5-9-31-21-12-22-17(10-16(21)13-25)19-11-20(27)18(24(28)29)14-26(19)23(32-22)15-6-3-2-4-7-15/h2-4,6-7,10-12,14,23H,5,8-9H2,1H3,(H,28,29)/t23-/m0/s1. The molecule has 8 nitrogen and oxygen atoms in total. The van der Waals surface area contributed by atoms with E-state index in [2.05, 4.69) is 6.07 Å². The predicted molar refractivity (Wildman–Crippen MR) is 115 cm³/mol. The Bertz CT molecular complexity index is 1260. The average molecular weight is 432 g/mol. The summed E-state index contributed by atoms with van der Waals surface area (Å²) in [6.07, 6.45) is 1.23. The zero-order chi connectivity index (χ0) is 22.7. The minimum absolute atomic E-state index is 0.282. The smallest absolute Gasteiger partial charge is 0.341 e. The molecular weight excluding hydrogens is 412 g/mol. The second-order valence-electron chi connectivity index (χ2n) is 7.18. The Balaban J connectivity index is 1.86. The van der Waals surface area contributed by atoms with Crippen molar-refractivity contribution in [3.8, 4) is 28.8 Å². The van der Waals surface area contributed by atoms with E-state index in [9.17, 15) is 20.0 Å². The first-order valence-electron chi connectivity index (χ1n) is 9.95. The predicted octanol–water partition coefficient (Wildman–Crippen LogP) is 3.44. The fourth-order valence-corrected chi connectivity index (χ4v) is 3.59. The third kappa shape index (κ3) is 3.94. The average Bonchev–Trinajstić information content (AvgIpc) is 2.80. The number of aromatic carboxylic acids is 1. The van der Waals surface area contributed by atoms with E-state index in [-0.39, 0.29) is 11.1 Å². The highest BCUT2D eigenvalue weighted by atomic mass is 16.5. The summed E-state index contributed by atoms with van der Waals surface area (Å²) in [7, 11) is 1.60. The van der Waals surface area contributed by atoms with Crippen molar-refractivity contribution in [1.29, 1.82) is 5.26 Å². The van der Waals surface area contributed by atoms with Crippen LogP contribution in [-0.2, 0) is 4.74 Å². The number of rotatable bonds is 7. The van der Waals surface area contributed by atoms with Crippen LogP contribution in [0.5, 0.6) is 11.5 Å². The molecule has 4 rings (SSSR count). The van der Waals surface area contributed by atoms with E-state index < -0.39 is 17.6 Å². The second kappa shape index (κ2) is 8.96. The van der Waals surface area contributed by atoms with Crippen molar-refractivity contribution in [2.45, 2.75) is 12.6 Å². The van der Waals surface area contributed by atoms with E-state index >= 15 is 0 Å². The largest absolute Gasteiger partial charge is 0.492 e. The van der Waals surface area contributed by atoms with Crippen molar-refractivity contribution in [2.75, 3.05) is 20.3 Å². The van der Waals surface area contributed by atoms with E-state index in [4.69, 9.17) is 14.2 Å². The molecule has 32 heavy (non-hydrogen) atoms. The van der Waals surface area contributed by atoms with Crippen molar-refractivity contribution < 1.29 is 24.1 Å². The summed E-state index contributed by atoms with van der Waals surface area (Å²) in [5.74, 6) is -0.519. The maximum atomic E-state index is 12.5. The lowest BCUT2D eigenvalue weighted by Gasteiger charge is -2.32. The summed E-state index contributed by atoms with van der Waals surface area (Å²) in [5, 5.41) is 19.1. The fraction of sp³-hybridized carbons (Fsp3) is 0.208. The molecule has 162 valence electrons. The summed E-state index contributed by atoms with van der Waals surface area (Å²) < 4.78 is 18.6.